The molecule has 1 amide bonds. The van der Waals surface area contributed by atoms with Crippen LogP contribution in [0.5, 0.6) is 5.75 Å². The first-order valence-corrected chi connectivity index (χ1v) is 7.83. The molecule has 0 bridgehead atoms. The second-order valence-corrected chi connectivity index (χ2v) is 5.78. The minimum atomic E-state index is 0.0118. The van der Waals surface area contributed by atoms with Crippen molar-refractivity contribution in [2.24, 2.45) is 11.7 Å². The number of rotatable bonds is 9. The van der Waals surface area contributed by atoms with E-state index >= 15 is 0 Å². The number of carbonyl (C=O) groups excluding carboxylic acids is 2. The topological polar surface area (TPSA) is 81.4 Å². The van der Waals surface area contributed by atoms with Gasteiger partial charge in [-0.15, -0.1) is 0 Å². The molecule has 1 unspecified atom stereocenters. The molecule has 1 aliphatic carbocycles. The highest BCUT2D eigenvalue weighted by atomic mass is 16.5. The van der Waals surface area contributed by atoms with Gasteiger partial charge in [0.05, 0.1) is 6.61 Å². The lowest BCUT2D eigenvalue weighted by atomic mass is 10.1. The van der Waals surface area contributed by atoms with E-state index in [1.54, 1.807) is 18.2 Å². The van der Waals surface area contributed by atoms with E-state index in [9.17, 15) is 9.59 Å². The van der Waals surface area contributed by atoms with Gasteiger partial charge in [-0.1, -0.05) is 12.1 Å². The zero-order valence-corrected chi connectivity index (χ0v) is 13.0. The van der Waals surface area contributed by atoms with Crippen molar-refractivity contribution in [2.75, 3.05) is 13.2 Å². The molecule has 5 nitrogen and oxygen atoms in total. The summed E-state index contributed by atoms with van der Waals surface area (Å²) in [6.07, 6.45) is 3.39. The van der Waals surface area contributed by atoms with Gasteiger partial charge in [0.15, 0.2) is 5.78 Å². The molecule has 1 fully saturated rings. The van der Waals surface area contributed by atoms with Crippen LogP contribution in [0.15, 0.2) is 24.3 Å². The molecule has 0 radical (unpaired) electrons. The van der Waals surface area contributed by atoms with Gasteiger partial charge in [-0.2, -0.15) is 0 Å². The number of amides is 1. The van der Waals surface area contributed by atoms with Crippen molar-refractivity contribution in [3.05, 3.63) is 29.8 Å². The molecule has 1 aromatic carbocycles. The molecule has 0 aromatic heterocycles. The highest BCUT2D eigenvalue weighted by Gasteiger charge is 2.30. The maximum Gasteiger partial charge on any atom is 0.220 e. The first-order chi connectivity index (χ1) is 10.6. The van der Waals surface area contributed by atoms with Gasteiger partial charge >= 0.3 is 0 Å². The Morgan fingerprint density at radius 1 is 1.41 bits per heavy atom. The lowest BCUT2D eigenvalue weighted by Gasteiger charge is -2.16. The molecule has 0 saturated heterocycles. The third-order valence-corrected chi connectivity index (χ3v) is 3.85. The van der Waals surface area contributed by atoms with Crippen molar-refractivity contribution < 1.29 is 14.3 Å². The van der Waals surface area contributed by atoms with Crippen LogP contribution >= 0.6 is 0 Å². The highest BCUT2D eigenvalue weighted by molar-refractivity contribution is 5.94. The Hall–Kier alpha value is -1.88. The smallest absolute Gasteiger partial charge is 0.220 e. The monoisotopic (exact) mass is 304 g/mol. The molecule has 0 heterocycles. The maximum atomic E-state index is 11.8. The number of ketones is 1. The predicted molar refractivity (Wildman–Crippen MR) is 84.9 cm³/mol. The summed E-state index contributed by atoms with van der Waals surface area (Å²) in [5.41, 5.74) is 6.29. The lowest BCUT2D eigenvalue weighted by Crippen LogP contribution is -2.41. The standard InChI is InChI=1S/C17H24N2O3/c1-12(20)14-4-2-5-15(10-14)22-9-3-6-17(21)19-16(11-18)13-7-8-13/h2,4-5,10,13,16H,3,6-9,11,18H2,1H3,(H,19,21). The molecule has 3 N–H and O–H groups in total. The number of ether oxygens (including phenoxy) is 1. The summed E-state index contributed by atoms with van der Waals surface area (Å²) >= 11 is 0. The molecule has 1 aromatic rings. The molecular formula is C17H24N2O3. The average molecular weight is 304 g/mol. The van der Waals surface area contributed by atoms with Crippen molar-refractivity contribution in [1.29, 1.82) is 0 Å². The van der Waals surface area contributed by atoms with Gasteiger partial charge in [0, 0.05) is 24.6 Å². The fourth-order valence-electron chi connectivity index (χ4n) is 2.37. The molecule has 1 aliphatic rings. The number of hydrogen-bond donors (Lipinski definition) is 2. The average Bonchev–Trinajstić information content (AvgIpc) is 3.34. The molecule has 1 atom stereocenters. The summed E-state index contributed by atoms with van der Waals surface area (Å²) in [6, 6.07) is 7.21. The van der Waals surface area contributed by atoms with Crippen LogP contribution < -0.4 is 15.8 Å². The third-order valence-electron chi connectivity index (χ3n) is 3.85. The van der Waals surface area contributed by atoms with Crippen LogP contribution in [0.25, 0.3) is 0 Å². The first kappa shape index (κ1) is 16.5. The van der Waals surface area contributed by atoms with Crippen molar-refractivity contribution in [1.82, 2.24) is 5.32 Å². The van der Waals surface area contributed by atoms with E-state index in [-0.39, 0.29) is 17.7 Å². The van der Waals surface area contributed by atoms with Crippen LogP contribution in [0.3, 0.4) is 0 Å². The summed E-state index contributed by atoms with van der Waals surface area (Å²) in [6.45, 7) is 2.48. The number of benzene rings is 1. The van der Waals surface area contributed by atoms with Crippen LogP contribution in [0.2, 0.25) is 0 Å². The quantitative estimate of drug-likeness (QED) is 0.539. The van der Waals surface area contributed by atoms with Gasteiger partial charge in [0.2, 0.25) is 5.91 Å². The van der Waals surface area contributed by atoms with Crippen LogP contribution in [-0.4, -0.2) is 30.9 Å². The fraction of sp³-hybridized carbons (Fsp3) is 0.529. The minimum Gasteiger partial charge on any atom is -0.494 e. The molecule has 5 heteroatoms. The molecule has 22 heavy (non-hydrogen) atoms. The number of carbonyl (C=O) groups is 2. The Morgan fingerprint density at radius 3 is 2.82 bits per heavy atom. The van der Waals surface area contributed by atoms with Crippen molar-refractivity contribution in [3.63, 3.8) is 0 Å². The summed E-state index contributed by atoms with van der Waals surface area (Å²) in [5.74, 6) is 1.27. The van der Waals surface area contributed by atoms with Gasteiger partial charge in [0.25, 0.3) is 0 Å². The van der Waals surface area contributed by atoms with E-state index in [2.05, 4.69) is 5.32 Å². The maximum absolute atomic E-state index is 11.8. The van der Waals surface area contributed by atoms with Gasteiger partial charge in [0.1, 0.15) is 5.75 Å². The van der Waals surface area contributed by atoms with E-state index in [1.165, 1.54) is 6.92 Å². The summed E-state index contributed by atoms with van der Waals surface area (Å²) in [5, 5.41) is 2.99. The number of nitrogens with two attached hydrogens (primary N) is 1. The number of hydrogen-bond acceptors (Lipinski definition) is 4. The zero-order chi connectivity index (χ0) is 15.9. The SMILES string of the molecule is CC(=O)c1cccc(OCCCC(=O)NC(CN)C2CC2)c1. The van der Waals surface area contributed by atoms with Gasteiger partial charge < -0.3 is 15.8 Å². The molecule has 120 valence electrons. The van der Waals surface area contributed by atoms with Crippen LogP contribution in [0.4, 0.5) is 0 Å². The van der Waals surface area contributed by atoms with Crippen molar-refractivity contribution in [2.45, 2.75) is 38.6 Å². The van der Waals surface area contributed by atoms with Gasteiger partial charge in [-0.3, -0.25) is 9.59 Å². The first-order valence-electron chi connectivity index (χ1n) is 7.83. The number of Topliss-reactive ketones (excluding diaryl/α,β-unsaturated/α-hetero) is 1. The van der Waals surface area contributed by atoms with Crippen molar-refractivity contribution in [3.8, 4) is 5.75 Å². The summed E-state index contributed by atoms with van der Waals surface area (Å²) in [7, 11) is 0. The second-order valence-electron chi connectivity index (χ2n) is 5.78. The van der Waals surface area contributed by atoms with Crippen LogP contribution in [0.1, 0.15) is 43.0 Å². The minimum absolute atomic E-state index is 0.0118. The Labute approximate surface area is 131 Å². The zero-order valence-electron chi connectivity index (χ0n) is 13.0. The fourth-order valence-corrected chi connectivity index (χ4v) is 2.37. The van der Waals surface area contributed by atoms with Crippen molar-refractivity contribution >= 4 is 11.7 Å². The predicted octanol–water partition coefficient (Wildman–Crippen LogP) is 1.90. The lowest BCUT2D eigenvalue weighted by molar-refractivity contribution is -0.122. The molecule has 0 spiro atoms. The Kier molecular flexibility index (Phi) is 5.95. The Bertz CT molecular complexity index is 526. The van der Waals surface area contributed by atoms with Gasteiger partial charge in [-0.05, 0) is 44.2 Å². The van der Waals surface area contributed by atoms with E-state index in [0.717, 1.165) is 12.8 Å². The van der Waals surface area contributed by atoms with Crippen LogP contribution in [-0.2, 0) is 4.79 Å². The Balaban J connectivity index is 1.67. The van der Waals surface area contributed by atoms with E-state index < -0.39 is 0 Å². The van der Waals surface area contributed by atoms with Gasteiger partial charge in [-0.25, -0.2) is 0 Å². The van der Waals surface area contributed by atoms with E-state index in [1.807, 2.05) is 6.07 Å². The Morgan fingerprint density at radius 2 is 2.18 bits per heavy atom. The number of nitrogens with one attached hydrogen (secondary N) is 1. The molecule has 0 aliphatic heterocycles. The molecular weight excluding hydrogens is 280 g/mol. The largest absolute Gasteiger partial charge is 0.494 e. The molecule has 2 rings (SSSR count). The van der Waals surface area contributed by atoms with Crippen LogP contribution in [0, 0.1) is 5.92 Å². The summed E-state index contributed by atoms with van der Waals surface area (Å²) in [4.78, 5) is 23.1. The highest BCUT2D eigenvalue weighted by Crippen LogP contribution is 2.32. The molecule has 1 saturated carbocycles. The second kappa shape index (κ2) is 7.94. The normalized spacial score (nSPS) is 15.2. The van der Waals surface area contributed by atoms with E-state index in [0.29, 0.717) is 43.2 Å². The summed E-state index contributed by atoms with van der Waals surface area (Å²) < 4.78 is 5.58. The van der Waals surface area contributed by atoms with E-state index in [4.69, 9.17) is 10.5 Å². The third kappa shape index (κ3) is 5.15.